The Morgan fingerprint density at radius 2 is 1.96 bits per heavy atom. The molecule has 1 heterocycles. The third-order valence-corrected chi connectivity index (χ3v) is 5.57. The number of halogens is 1. The summed E-state index contributed by atoms with van der Waals surface area (Å²) in [6, 6.07) is 3.18. The van der Waals surface area contributed by atoms with Crippen molar-refractivity contribution in [3.8, 4) is 0 Å². The highest BCUT2D eigenvalue weighted by Crippen LogP contribution is 2.37. The van der Waals surface area contributed by atoms with E-state index in [4.69, 9.17) is 11.6 Å². The first-order valence-electron chi connectivity index (χ1n) is 9.80. The number of fused-ring (bicyclic) bond motifs is 1. The number of nitrogens with one attached hydrogen (secondary N) is 2. The molecule has 0 radical (unpaired) electrons. The van der Waals surface area contributed by atoms with Crippen LogP contribution in [0.4, 0.5) is 0 Å². The van der Waals surface area contributed by atoms with Crippen molar-refractivity contribution in [1.29, 1.82) is 0 Å². The number of amides is 3. The van der Waals surface area contributed by atoms with Gasteiger partial charge in [0.15, 0.2) is 0 Å². The highest BCUT2D eigenvalue weighted by atomic mass is 35.5. The summed E-state index contributed by atoms with van der Waals surface area (Å²) in [7, 11) is 1.50. The van der Waals surface area contributed by atoms with E-state index >= 15 is 0 Å². The molecule has 1 aliphatic carbocycles. The molecule has 28 heavy (non-hydrogen) atoms. The van der Waals surface area contributed by atoms with Crippen molar-refractivity contribution in [1.82, 2.24) is 15.5 Å². The largest absolute Gasteiger partial charge is 0.357 e. The van der Waals surface area contributed by atoms with Crippen molar-refractivity contribution in [3.63, 3.8) is 0 Å². The minimum atomic E-state index is -0.724. The first-order valence-corrected chi connectivity index (χ1v) is 10.2. The normalized spacial score (nSPS) is 18.9. The maximum absolute atomic E-state index is 12.9. The standard InChI is InChI=1S/C18H24ClN3O3.C3H6/c1-10-5-14-12(3)22(8-13(14)7-15(10)19)18(25)11(2)6-16(21-9-23)17(24)20-4;1-2-3-1/h5,7,9,11-12,16H,6,8H2,1-4H3,(H,20,24)(H,21,23);1-3H2. The number of likely N-dealkylation sites (N-methyl/N-ethyl adjacent to an activating group) is 1. The van der Waals surface area contributed by atoms with E-state index in [1.54, 1.807) is 11.8 Å². The fraction of sp³-hybridized carbons (Fsp3) is 0.571. The molecule has 3 atom stereocenters. The van der Waals surface area contributed by atoms with Crippen molar-refractivity contribution in [2.75, 3.05) is 7.05 Å². The van der Waals surface area contributed by atoms with Gasteiger partial charge in [0.25, 0.3) is 0 Å². The van der Waals surface area contributed by atoms with E-state index in [2.05, 4.69) is 10.6 Å². The summed E-state index contributed by atoms with van der Waals surface area (Å²) in [5.41, 5.74) is 3.15. The molecule has 3 unspecified atom stereocenters. The van der Waals surface area contributed by atoms with Gasteiger partial charge in [0.05, 0.1) is 6.04 Å². The fourth-order valence-electron chi connectivity index (χ4n) is 3.27. The summed E-state index contributed by atoms with van der Waals surface area (Å²) in [5.74, 6) is -0.755. The van der Waals surface area contributed by atoms with Crippen molar-refractivity contribution < 1.29 is 14.4 Å². The summed E-state index contributed by atoms with van der Waals surface area (Å²) >= 11 is 6.20. The third-order valence-electron chi connectivity index (χ3n) is 5.16. The number of benzene rings is 1. The van der Waals surface area contributed by atoms with Crippen LogP contribution in [0.2, 0.25) is 5.02 Å². The minimum absolute atomic E-state index is 0.0425. The summed E-state index contributed by atoms with van der Waals surface area (Å²) in [6.07, 6.45) is 5.23. The van der Waals surface area contributed by atoms with Crippen LogP contribution < -0.4 is 10.6 Å². The van der Waals surface area contributed by atoms with E-state index in [1.807, 2.05) is 26.0 Å². The van der Waals surface area contributed by atoms with E-state index in [1.165, 1.54) is 26.3 Å². The minimum Gasteiger partial charge on any atom is -0.357 e. The van der Waals surface area contributed by atoms with Crippen LogP contribution in [0.1, 0.15) is 62.3 Å². The van der Waals surface area contributed by atoms with Gasteiger partial charge in [0, 0.05) is 24.5 Å². The molecule has 2 aliphatic rings. The van der Waals surface area contributed by atoms with Crippen LogP contribution in [-0.4, -0.2) is 36.2 Å². The van der Waals surface area contributed by atoms with E-state index in [-0.39, 0.29) is 24.3 Å². The molecule has 7 heteroatoms. The van der Waals surface area contributed by atoms with Gasteiger partial charge < -0.3 is 15.5 Å². The van der Waals surface area contributed by atoms with Gasteiger partial charge in [0.2, 0.25) is 18.2 Å². The van der Waals surface area contributed by atoms with Crippen LogP contribution in [0.5, 0.6) is 0 Å². The lowest BCUT2D eigenvalue weighted by Crippen LogP contribution is -2.45. The quantitative estimate of drug-likeness (QED) is 0.711. The fourth-order valence-corrected chi connectivity index (χ4v) is 3.46. The zero-order chi connectivity index (χ0) is 20.8. The number of rotatable bonds is 6. The second kappa shape index (κ2) is 9.92. The van der Waals surface area contributed by atoms with Crippen molar-refractivity contribution in [2.45, 2.75) is 65.1 Å². The Bertz CT molecular complexity index is 733. The smallest absolute Gasteiger partial charge is 0.242 e. The molecule has 1 aliphatic heterocycles. The number of aryl methyl sites for hydroxylation is 1. The lowest BCUT2D eigenvalue weighted by molar-refractivity contribution is -0.138. The van der Waals surface area contributed by atoms with Crippen LogP contribution in [0, 0.1) is 12.8 Å². The molecule has 6 nitrogen and oxygen atoms in total. The Balaban J connectivity index is 0.000000849. The maximum atomic E-state index is 12.9. The molecule has 3 amide bonds. The maximum Gasteiger partial charge on any atom is 0.242 e. The molecule has 1 aromatic rings. The van der Waals surface area contributed by atoms with Gasteiger partial charge in [-0.3, -0.25) is 14.4 Å². The molecule has 0 spiro atoms. The van der Waals surface area contributed by atoms with Gasteiger partial charge in [-0.05, 0) is 43.0 Å². The Morgan fingerprint density at radius 3 is 2.50 bits per heavy atom. The molecule has 1 aromatic carbocycles. The van der Waals surface area contributed by atoms with Crippen LogP contribution in [0.3, 0.4) is 0 Å². The van der Waals surface area contributed by atoms with E-state index in [0.29, 0.717) is 18.0 Å². The molecule has 0 saturated heterocycles. The highest BCUT2D eigenvalue weighted by molar-refractivity contribution is 6.31. The molecule has 1 fully saturated rings. The Morgan fingerprint density at radius 1 is 1.32 bits per heavy atom. The monoisotopic (exact) mass is 407 g/mol. The molecule has 2 N–H and O–H groups in total. The average molecular weight is 408 g/mol. The second-order valence-corrected chi connectivity index (χ2v) is 8.00. The number of carbonyl (C=O) groups excluding carboxylic acids is 3. The first-order chi connectivity index (χ1) is 13.3. The van der Waals surface area contributed by atoms with Gasteiger partial charge >= 0.3 is 0 Å². The van der Waals surface area contributed by atoms with E-state index < -0.39 is 12.0 Å². The molecular formula is C21H30ClN3O3. The molecule has 0 bridgehead atoms. The zero-order valence-electron chi connectivity index (χ0n) is 17.0. The summed E-state index contributed by atoms with van der Waals surface area (Å²) in [4.78, 5) is 37.2. The molecule has 0 aromatic heterocycles. The number of hydrogen-bond acceptors (Lipinski definition) is 3. The molecule has 154 valence electrons. The lowest BCUT2D eigenvalue weighted by Gasteiger charge is -2.27. The predicted octanol–water partition coefficient (Wildman–Crippen LogP) is 3.11. The number of nitrogens with zero attached hydrogens (tertiary/aromatic N) is 1. The zero-order valence-corrected chi connectivity index (χ0v) is 17.8. The van der Waals surface area contributed by atoms with Gasteiger partial charge in [-0.25, -0.2) is 0 Å². The highest BCUT2D eigenvalue weighted by Gasteiger charge is 2.34. The Kier molecular flexibility index (Phi) is 7.87. The lowest BCUT2D eigenvalue weighted by atomic mass is 9.99. The van der Waals surface area contributed by atoms with Gasteiger partial charge in [-0.1, -0.05) is 43.9 Å². The molecule has 3 rings (SSSR count). The van der Waals surface area contributed by atoms with Gasteiger partial charge in [0.1, 0.15) is 6.04 Å². The van der Waals surface area contributed by atoms with Crippen molar-refractivity contribution in [2.24, 2.45) is 5.92 Å². The summed E-state index contributed by atoms with van der Waals surface area (Å²) in [5, 5.41) is 5.67. The average Bonchev–Trinajstić information content (AvgIpc) is 3.52. The summed E-state index contributed by atoms with van der Waals surface area (Å²) < 4.78 is 0. The Hall–Kier alpha value is -2.08. The number of carbonyl (C=O) groups is 3. The van der Waals surface area contributed by atoms with Crippen LogP contribution in [0.25, 0.3) is 0 Å². The van der Waals surface area contributed by atoms with E-state index in [9.17, 15) is 14.4 Å². The SMILES string of the molecule is C1CC1.CNC(=O)C(CC(C)C(=O)N1Cc2cc(Cl)c(C)cc2C1C)NC=O. The van der Waals surface area contributed by atoms with Crippen LogP contribution >= 0.6 is 11.6 Å². The molecule has 1 saturated carbocycles. The van der Waals surface area contributed by atoms with Gasteiger partial charge in [-0.15, -0.1) is 0 Å². The van der Waals surface area contributed by atoms with Crippen LogP contribution in [0.15, 0.2) is 12.1 Å². The summed E-state index contributed by atoms with van der Waals surface area (Å²) in [6.45, 7) is 6.22. The second-order valence-electron chi connectivity index (χ2n) is 7.59. The van der Waals surface area contributed by atoms with Crippen molar-refractivity contribution >= 4 is 29.8 Å². The van der Waals surface area contributed by atoms with Gasteiger partial charge in [-0.2, -0.15) is 0 Å². The first kappa shape index (κ1) is 22.2. The molecular weight excluding hydrogens is 378 g/mol. The van der Waals surface area contributed by atoms with Crippen LogP contribution in [-0.2, 0) is 20.9 Å². The third kappa shape index (κ3) is 5.47. The Labute approximate surface area is 172 Å². The predicted molar refractivity (Wildman–Crippen MR) is 110 cm³/mol. The number of hydrogen-bond donors (Lipinski definition) is 2. The topological polar surface area (TPSA) is 78.5 Å². The van der Waals surface area contributed by atoms with Crippen molar-refractivity contribution in [3.05, 3.63) is 33.8 Å². The van der Waals surface area contributed by atoms with E-state index in [0.717, 1.165) is 16.7 Å².